The summed E-state index contributed by atoms with van der Waals surface area (Å²) in [6.07, 6.45) is 1.40. The molecule has 2 rings (SSSR count). The van der Waals surface area contributed by atoms with Crippen molar-refractivity contribution in [3.8, 4) is 0 Å². The fourth-order valence-electron chi connectivity index (χ4n) is 2.32. The van der Waals surface area contributed by atoms with Crippen molar-refractivity contribution in [1.82, 2.24) is 9.88 Å². The van der Waals surface area contributed by atoms with Crippen molar-refractivity contribution < 1.29 is 14.7 Å². The minimum absolute atomic E-state index is 0.118. The number of carboxylic acids is 1. The molecule has 0 aliphatic carbocycles. The summed E-state index contributed by atoms with van der Waals surface area (Å²) in [4.78, 5) is 29.6. The minimum atomic E-state index is -0.688. The largest absolute Gasteiger partial charge is 0.481 e. The Balaban J connectivity index is 1.92. The van der Waals surface area contributed by atoms with Crippen LogP contribution in [0, 0.1) is 12.8 Å². The molecule has 0 bridgehead atoms. The van der Waals surface area contributed by atoms with Gasteiger partial charge in [-0.1, -0.05) is 0 Å². The summed E-state index contributed by atoms with van der Waals surface area (Å²) in [5, 5.41) is 12.3. The van der Waals surface area contributed by atoms with Crippen LogP contribution in [0.2, 0.25) is 0 Å². The second-order valence-corrected chi connectivity index (χ2v) is 6.18. The third-order valence-electron chi connectivity index (χ3n) is 3.48. The number of piperidine rings is 1. The molecule has 110 valence electrons. The van der Waals surface area contributed by atoms with E-state index in [2.05, 4.69) is 15.2 Å². The molecule has 6 nitrogen and oxygen atoms in total. The van der Waals surface area contributed by atoms with Crippen molar-refractivity contribution in [2.75, 3.05) is 18.4 Å². The van der Waals surface area contributed by atoms with Crippen LogP contribution >= 0.6 is 11.3 Å². The van der Waals surface area contributed by atoms with Crippen LogP contribution in [0.15, 0.2) is 0 Å². The smallest absolute Gasteiger partial charge is 0.306 e. The summed E-state index contributed by atoms with van der Waals surface area (Å²) >= 11 is 1.49. The number of amides is 1. The lowest BCUT2D eigenvalue weighted by atomic mass is 9.97. The van der Waals surface area contributed by atoms with E-state index in [9.17, 15) is 9.59 Å². The van der Waals surface area contributed by atoms with Gasteiger partial charge in [0.25, 0.3) is 0 Å². The Morgan fingerprint density at radius 2 is 2.10 bits per heavy atom. The van der Waals surface area contributed by atoms with Gasteiger partial charge >= 0.3 is 5.97 Å². The average molecular weight is 297 g/mol. The second kappa shape index (κ2) is 6.32. The number of aromatic nitrogens is 1. The van der Waals surface area contributed by atoms with Crippen LogP contribution in [0.5, 0.6) is 0 Å². The summed E-state index contributed by atoms with van der Waals surface area (Å²) in [6, 6.07) is 0. The molecule has 7 heteroatoms. The number of likely N-dealkylation sites (tertiary alicyclic amines) is 1. The van der Waals surface area contributed by atoms with Crippen molar-refractivity contribution in [1.29, 1.82) is 0 Å². The quantitative estimate of drug-likeness (QED) is 0.884. The molecule has 1 saturated heterocycles. The maximum absolute atomic E-state index is 11.0. The molecular weight excluding hydrogens is 278 g/mol. The van der Waals surface area contributed by atoms with E-state index >= 15 is 0 Å². The van der Waals surface area contributed by atoms with Gasteiger partial charge in [0, 0.05) is 18.3 Å². The van der Waals surface area contributed by atoms with E-state index in [1.807, 2.05) is 6.92 Å². The third-order valence-corrected chi connectivity index (χ3v) is 4.54. The Labute approximate surface area is 121 Å². The van der Waals surface area contributed by atoms with E-state index in [4.69, 9.17) is 5.11 Å². The van der Waals surface area contributed by atoms with Crippen LogP contribution in [0.25, 0.3) is 0 Å². The number of nitrogens with one attached hydrogen (secondary N) is 1. The highest BCUT2D eigenvalue weighted by molar-refractivity contribution is 7.15. The number of carbonyl (C=O) groups is 2. The molecular formula is C13H19N3O3S. The normalized spacial score (nSPS) is 17.1. The van der Waals surface area contributed by atoms with Gasteiger partial charge in [0.15, 0.2) is 5.13 Å². The Morgan fingerprint density at radius 1 is 1.45 bits per heavy atom. The monoisotopic (exact) mass is 297 g/mol. The topological polar surface area (TPSA) is 82.5 Å². The average Bonchev–Trinajstić information content (AvgIpc) is 2.69. The lowest BCUT2D eigenvalue weighted by Gasteiger charge is -2.29. The first-order valence-corrected chi connectivity index (χ1v) is 7.46. The predicted octanol–water partition coefficient (Wildman–Crippen LogP) is 1.71. The lowest BCUT2D eigenvalue weighted by Crippen LogP contribution is -2.35. The fraction of sp³-hybridized carbons (Fsp3) is 0.615. The third kappa shape index (κ3) is 3.77. The predicted molar refractivity (Wildman–Crippen MR) is 76.8 cm³/mol. The number of anilines is 1. The van der Waals surface area contributed by atoms with Crippen molar-refractivity contribution >= 4 is 28.3 Å². The van der Waals surface area contributed by atoms with Gasteiger partial charge in [0.05, 0.1) is 11.6 Å². The number of nitrogens with zero attached hydrogens (tertiary/aromatic N) is 2. The molecule has 1 aliphatic heterocycles. The summed E-state index contributed by atoms with van der Waals surface area (Å²) in [5.74, 6) is -1.01. The number of carbonyl (C=O) groups excluding carboxylic acids is 1. The second-order valence-electron chi connectivity index (χ2n) is 5.10. The van der Waals surface area contributed by atoms with E-state index in [-0.39, 0.29) is 11.8 Å². The molecule has 0 aromatic carbocycles. The van der Waals surface area contributed by atoms with Crippen LogP contribution in [-0.2, 0) is 16.1 Å². The number of hydrogen-bond donors (Lipinski definition) is 2. The molecule has 1 amide bonds. The summed E-state index contributed by atoms with van der Waals surface area (Å²) in [5.41, 5.74) is 0.930. The van der Waals surface area contributed by atoms with Crippen molar-refractivity contribution in [2.45, 2.75) is 33.2 Å². The Bertz CT molecular complexity index is 507. The van der Waals surface area contributed by atoms with Crippen molar-refractivity contribution in [2.24, 2.45) is 5.92 Å². The van der Waals surface area contributed by atoms with Gasteiger partial charge in [-0.25, -0.2) is 4.98 Å². The summed E-state index contributed by atoms with van der Waals surface area (Å²) < 4.78 is 0. The van der Waals surface area contributed by atoms with Gasteiger partial charge < -0.3 is 10.4 Å². The SMILES string of the molecule is CC(=O)Nc1nc(C)c(CN2CCC(C(=O)O)CC2)s1. The zero-order valence-electron chi connectivity index (χ0n) is 11.7. The maximum Gasteiger partial charge on any atom is 0.306 e. The molecule has 2 N–H and O–H groups in total. The van der Waals surface area contributed by atoms with E-state index in [0.717, 1.165) is 30.2 Å². The van der Waals surface area contributed by atoms with Gasteiger partial charge in [-0.05, 0) is 32.9 Å². The molecule has 0 radical (unpaired) electrons. The zero-order valence-corrected chi connectivity index (χ0v) is 12.5. The van der Waals surface area contributed by atoms with Gasteiger partial charge in [0.1, 0.15) is 0 Å². The molecule has 1 aromatic heterocycles. The Hall–Kier alpha value is -1.47. The molecule has 20 heavy (non-hydrogen) atoms. The molecule has 0 spiro atoms. The Kier molecular flexibility index (Phi) is 4.72. The number of carboxylic acid groups (broad SMARTS) is 1. The molecule has 1 aromatic rings. The summed E-state index contributed by atoms with van der Waals surface area (Å²) in [7, 11) is 0. The van der Waals surface area contributed by atoms with Crippen LogP contribution in [-0.4, -0.2) is 40.0 Å². The molecule has 0 unspecified atom stereocenters. The van der Waals surface area contributed by atoms with E-state index in [0.29, 0.717) is 18.0 Å². The van der Waals surface area contributed by atoms with Gasteiger partial charge in [-0.2, -0.15) is 0 Å². The number of rotatable bonds is 4. The van der Waals surface area contributed by atoms with Crippen LogP contribution < -0.4 is 5.32 Å². The molecule has 2 heterocycles. The standard InChI is InChI=1S/C13H19N3O3S/c1-8-11(20-13(14-8)15-9(2)17)7-16-5-3-10(4-6-16)12(18)19/h10H,3-7H2,1-2H3,(H,18,19)(H,14,15,17). The first-order valence-electron chi connectivity index (χ1n) is 6.64. The van der Waals surface area contributed by atoms with Crippen LogP contribution in [0.1, 0.15) is 30.3 Å². The molecule has 1 aliphatic rings. The van der Waals surface area contributed by atoms with Crippen molar-refractivity contribution in [3.05, 3.63) is 10.6 Å². The van der Waals surface area contributed by atoms with Crippen LogP contribution in [0.4, 0.5) is 5.13 Å². The van der Waals surface area contributed by atoms with E-state index in [1.54, 1.807) is 0 Å². The highest BCUT2D eigenvalue weighted by Crippen LogP contribution is 2.26. The zero-order chi connectivity index (χ0) is 14.7. The van der Waals surface area contributed by atoms with Gasteiger partial charge in [-0.15, -0.1) is 11.3 Å². The number of aryl methyl sites for hydroxylation is 1. The molecule has 0 atom stereocenters. The highest BCUT2D eigenvalue weighted by atomic mass is 32.1. The van der Waals surface area contributed by atoms with Gasteiger partial charge in [0.2, 0.25) is 5.91 Å². The number of hydrogen-bond acceptors (Lipinski definition) is 5. The van der Waals surface area contributed by atoms with Crippen LogP contribution in [0.3, 0.4) is 0 Å². The lowest BCUT2D eigenvalue weighted by molar-refractivity contribution is -0.143. The Morgan fingerprint density at radius 3 is 2.65 bits per heavy atom. The highest BCUT2D eigenvalue weighted by Gasteiger charge is 2.25. The summed E-state index contributed by atoms with van der Waals surface area (Å²) in [6.45, 7) is 5.76. The first-order chi connectivity index (χ1) is 9.45. The van der Waals surface area contributed by atoms with E-state index < -0.39 is 5.97 Å². The van der Waals surface area contributed by atoms with E-state index in [1.165, 1.54) is 18.3 Å². The minimum Gasteiger partial charge on any atom is -0.481 e. The first kappa shape index (κ1) is 14.9. The maximum atomic E-state index is 11.0. The number of thiazole rings is 1. The fourth-order valence-corrected chi connectivity index (χ4v) is 3.37. The molecule has 0 saturated carbocycles. The van der Waals surface area contributed by atoms with Gasteiger partial charge in [-0.3, -0.25) is 14.5 Å². The van der Waals surface area contributed by atoms with Crippen molar-refractivity contribution in [3.63, 3.8) is 0 Å². The molecule has 1 fully saturated rings. The number of aliphatic carboxylic acids is 1.